The van der Waals surface area contributed by atoms with E-state index in [1.54, 1.807) is 12.2 Å². The average molecular weight is 939 g/mol. The number of carbonyl (C=O) groups is 1. The molecule has 0 bridgehead atoms. The third-order valence-electron chi connectivity index (χ3n) is 14.7. The summed E-state index contributed by atoms with van der Waals surface area (Å²) in [5.41, 5.74) is 4.89. The number of rotatable bonds is 30. The molecule has 0 saturated heterocycles. The average Bonchev–Trinajstić information content (AvgIpc) is 3.37. The molecule has 1 fully saturated rings. The summed E-state index contributed by atoms with van der Waals surface area (Å²) in [5, 5.41) is 27.4. The third kappa shape index (κ3) is 13.0. The summed E-state index contributed by atoms with van der Waals surface area (Å²) in [4.78, 5) is 23.9. The summed E-state index contributed by atoms with van der Waals surface area (Å²) in [6, 6.07) is 30.3. The third-order valence-corrected chi connectivity index (χ3v) is 14.7. The van der Waals surface area contributed by atoms with Crippen LogP contribution in [0.4, 0.5) is 0 Å². The molecule has 1 saturated carbocycles. The van der Waals surface area contributed by atoms with Crippen molar-refractivity contribution >= 4 is 22.4 Å². The molecular formula is C60H78N2O7. The van der Waals surface area contributed by atoms with E-state index in [0.717, 1.165) is 89.4 Å². The molecule has 69 heavy (non-hydrogen) atoms. The molecule has 1 heterocycles. The van der Waals surface area contributed by atoms with Crippen LogP contribution in [0.5, 0.6) is 11.5 Å². The lowest BCUT2D eigenvalue weighted by Crippen LogP contribution is -2.70. The van der Waals surface area contributed by atoms with Crippen molar-refractivity contribution < 1.29 is 34.1 Å². The first-order chi connectivity index (χ1) is 34.0. The maximum absolute atomic E-state index is 15.5. The largest absolute Gasteiger partial charge is 0.490 e. The molecule has 0 spiro atoms. The zero-order chi connectivity index (χ0) is 48.3. The van der Waals surface area contributed by atoms with E-state index in [-0.39, 0.29) is 43.5 Å². The number of oxime groups is 1. The number of hydrogen-bond acceptors (Lipinski definition) is 8. The molecule has 7 rings (SSSR count). The topological polar surface area (TPSA) is 110 Å². The standard InChI is InChI=1S/C60H78N2O7/c1-4-7-8-9-10-11-12-13-17-33-57(65)62(43-48-30-24-29-46-27-18-19-31-50(46)48)56-42-54(61-68-44-45-25-15-14-16-26-45)52-40-47(28-20-22-36-63)51(32-21-23-37-64)58-53-41-49(66-38-5-2)34-35-55(53)69-60(56,59(52)58)67-39-6-3/h5-6,14-16,18-19,24-27,29-31,34-35,40-41,47,51,56,58-59,63-64H,2-4,7-13,17,20-23,28,32-33,36-39,42-44H2,1H3/t47-,51+,56-,58+,59+,60+/m0/s1. The van der Waals surface area contributed by atoms with Crippen molar-refractivity contribution in [2.24, 2.45) is 22.9 Å². The number of benzene rings is 4. The summed E-state index contributed by atoms with van der Waals surface area (Å²) in [6.07, 6.45) is 21.9. The molecule has 0 aromatic heterocycles. The molecule has 0 radical (unpaired) electrons. The van der Waals surface area contributed by atoms with E-state index in [1.165, 1.54) is 38.5 Å². The van der Waals surface area contributed by atoms with Crippen LogP contribution < -0.4 is 9.47 Å². The summed E-state index contributed by atoms with van der Waals surface area (Å²) in [5.74, 6) is -0.227. The number of aliphatic hydroxyl groups excluding tert-OH is 2. The van der Waals surface area contributed by atoms with Gasteiger partial charge in [0.2, 0.25) is 11.7 Å². The van der Waals surface area contributed by atoms with E-state index in [0.29, 0.717) is 51.2 Å². The molecule has 370 valence electrons. The van der Waals surface area contributed by atoms with E-state index >= 15 is 4.79 Å². The lowest BCUT2D eigenvalue weighted by molar-refractivity contribution is -0.258. The number of amides is 1. The predicted molar refractivity (Wildman–Crippen MR) is 278 cm³/mol. The summed E-state index contributed by atoms with van der Waals surface area (Å²) in [6.45, 7) is 11.7. The Labute approximate surface area is 412 Å². The van der Waals surface area contributed by atoms with Gasteiger partial charge in [-0.25, -0.2) is 0 Å². The Kier molecular flexibility index (Phi) is 20.0. The molecule has 2 aliphatic carbocycles. The van der Waals surface area contributed by atoms with E-state index in [1.807, 2.05) is 42.5 Å². The highest BCUT2D eigenvalue weighted by Gasteiger charge is 2.65. The van der Waals surface area contributed by atoms with Crippen molar-refractivity contribution in [2.75, 3.05) is 26.4 Å². The number of aliphatic hydroxyl groups is 2. The van der Waals surface area contributed by atoms with Crippen molar-refractivity contribution in [3.8, 4) is 11.5 Å². The Morgan fingerprint density at radius 2 is 1.52 bits per heavy atom. The van der Waals surface area contributed by atoms with Gasteiger partial charge in [0.1, 0.15) is 30.8 Å². The highest BCUT2D eigenvalue weighted by Crippen LogP contribution is 2.62. The number of carbonyl (C=O) groups excluding carboxylic acids is 1. The molecule has 6 atom stereocenters. The van der Waals surface area contributed by atoms with Gasteiger partial charge in [-0.15, -0.1) is 6.58 Å². The van der Waals surface area contributed by atoms with Gasteiger partial charge in [-0.1, -0.05) is 174 Å². The Balaban J connectivity index is 1.39. The molecule has 2 N–H and O–H groups in total. The zero-order valence-electron chi connectivity index (χ0n) is 41.3. The van der Waals surface area contributed by atoms with Crippen molar-refractivity contribution in [3.63, 3.8) is 0 Å². The molecule has 0 unspecified atom stereocenters. The van der Waals surface area contributed by atoms with Gasteiger partial charge in [0, 0.05) is 44.1 Å². The summed E-state index contributed by atoms with van der Waals surface area (Å²) in [7, 11) is 0. The quantitative estimate of drug-likeness (QED) is 0.0304. The molecule has 1 aliphatic heterocycles. The summed E-state index contributed by atoms with van der Waals surface area (Å²) >= 11 is 0. The van der Waals surface area contributed by atoms with Crippen LogP contribution in [0.3, 0.4) is 0 Å². The molecule has 9 heteroatoms. The molecule has 4 aromatic carbocycles. The molecule has 3 aliphatic rings. The molecule has 1 amide bonds. The van der Waals surface area contributed by atoms with Crippen LogP contribution in [0.15, 0.2) is 133 Å². The predicted octanol–water partition coefficient (Wildman–Crippen LogP) is 13.2. The highest BCUT2D eigenvalue weighted by atomic mass is 16.7. The fourth-order valence-electron chi connectivity index (χ4n) is 11.4. The Morgan fingerprint density at radius 1 is 0.812 bits per heavy atom. The highest BCUT2D eigenvalue weighted by molar-refractivity contribution is 6.03. The van der Waals surface area contributed by atoms with Crippen molar-refractivity contribution in [1.29, 1.82) is 0 Å². The van der Waals surface area contributed by atoms with Crippen LogP contribution >= 0.6 is 0 Å². The minimum atomic E-state index is -1.36. The zero-order valence-corrected chi connectivity index (χ0v) is 41.3. The monoisotopic (exact) mass is 939 g/mol. The Hall–Kier alpha value is -5.22. The van der Waals surface area contributed by atoms with E-state index < -0.39 is 17.7 Å². The minimum absolute atomic E-state index is 0.0609. The first kappa shape index (κ1) is 51.6. The van der Waals surface area contributed by atoms with Gasteiger partial charge in [-0.05, 0) is 89.6 Å². The molecule has 4 aromatic rings. The van der Waals surface area contributed by atoms with Crippen molar-refractivity contribution in [2.45, 2.75) is 147 Å². The van der Waals surface area contributed by atoms with E-state index in [4.69, 9.17) is 24.2 Å². The van der Waals surface area contributed by atoms with Crippen molar-refractivity contribution in [1.82, 2.24) is 4.90 Å². The van der Waals surface area contributed by atoms with Gasteiger partial charge >= 0.3 is 0 Å². The SMILES string of the molecule is C=CCOc1ccc2c(c1)[C@H]1[C@H](CCCCO)[C@@H](CCCCO)C=C3C(=NOCc4ccccc4)C[C@H](N(Cc4cccc5ccccc45)C(=O)CCCCCCCCCCC)[C@@](OCC=C)(O2)[C@H]31. The van der Waals surface area contributed by atoms with Crippen LogP contribution in [0, 0.1) is 17.8 Å². The Bertz CT molecular complexity index is 2300. The van der Waals surface area contributed by atoms with Crippen LogP contribution in [-0.4, -0.2) is 65.0 Å². The first-order valence-corrected chi connectivity index (χ1v) is 26.2. The van der Waals surface area contributed by atoms with E-state index in [9.17, 15) is 10.2 Å². The van der Waals surface area contributed by atoms with Crippen LogP contribution in [0.1, 0.15) is 139 Å². The number of fused-ring (bicyclic) bond motifs is 3. The second-order valence-corrected chi connectivity index (χ2v) is 19.4. The smallest absolute Gasteiger partial charge is 0.239 e. The molecule has 9 nitrogen and oxygen atoms in total. The molecular weight excluding hydrogens is 861 g/mol. The summed E-state index contributed by atoms with van der Waals surface area (Å²) < 4.78 is 21.1. The number of ether oxygens (including phenoxy) is 3. The fourth-order valence-corrected chi connectivity index (χ4v) is 11.4. The maximum Gasteiger partial charge on any atom is 0.239 e. The van der Waals surface area contributed by atoms with Crippen LogP contribution in [0.25, 0.3) is 10.8 Å². The van der Waals surface area contributed by atoms with Gasteiger partial charge in [0.15, 0.2) is 0 Å². The number of unbranched alkanes of at least 4 members (excludes halogenated alkanes) is 10. The van der Waals surface area contributed by atoms with Crippen LogP contribution in [-0.2, 0) is 27.5 Å². The number of allylic oxidation sites excluding steroid dienone is 1. The first-order valence-electron chi connectivity index (χ1n) is 26.2. The van der Waals surface area contributed by atoms with Gasteiger partial charge in [-0.3, -0.25) is 4.79 Å². The lowest BCUT2D eigenvalue weighted by Gasteiger charge is -2.60. The van der Waals surface area contributed by atoms with E-state index in [2.05, 4.69) is 79.6 Å². The number of nitrogens with zero attached hydrogens (tertiary/aromatic N) is 2. The minimum Gasteiger partial charge on any atom is -0.490 e. The normalized spacial score (nSPS) is 22.0. The van der Waals surface area contributed by atoms with Gasteiger partial charge < -0.3 is 34.2 Å². The second-order valence-electron chi connectivity index (χ2n) is 19.4. The maximum atomic E-state index is 15.5. The van der Waals surface area contributed by atoms with Gasteiger partial charge in [0.05, 0.1) is 18.2 Å². The lowest BCUT2D eigenvalue weighted by atomic mass is 9.55. The van der Waals surface area contributed by atoms with Crippen molar-refractivity contribution in [3.05, 3.63) is 145 Å². The number of hydrogen-bond donors (Lipinski definition) is 2. The van der Waals surface area contributed by atoms with Crippen LogP contribution in [0.2, 0.25) is 0 Å². The van der Waals surface area contributed by atoms with Gasteiger partial charge in [0.25, 0.3) is 0 Å². The Morgan fingerprint density at radius 3 is 2.28 bits per heavy atom. The second kappa shape index (κ2) is 26.7. The fraction of sp³-hybridized carbons (Fsp3) is 0.500. The van der Waals surface area contributed by atoms with Gasteiger partial charge in [-0.2, -0.15) is 0 Å².